The fraction of sp³-hybridized carbons (Fsp3) is 0.412. The number of fused-ring (bicyclic) bond motifs is 5. The van der Waals surface area contributed by atoms with Gasteiger partial charge in [0.05, 0.1) is 30.6 Å². The van der Waals surface area contributed by atoms with Gasteiger partial charge in [-0.05, 0) is 30.5 Å². The monoisotopic (exact) mass is 376 g/mol. The van der Waals surface area contributed by atoms with E-state index in [-0.39, 0.29) is 41.5 Å². The van der Waals surface area contributed by atoms with E-state index in [1.807, 2.05) is 0 Å². The smallest absolute Gasteiger partial charge is 0.258 e. The summed E-state index contributed by atoms with van der Waals surface area (Å²) in [5.74, 6) is -1.77. The molecule has 4 unspecified atom stereocenters. The van der Waals surface area contributed by atoms with Gasteiger partial charge in [-0.3, -0.25) is 9.59 Å². The van der Waals surface area contributed by atoms with Gasteiger partial charge in [-0.2, -0.15) is 4.98 Å². The number of carbonyl (C=O) groups excluding carboxylic acids is 2. The molecular weight excluding hydrogens is 363 g/mol. The van der Waals surface area contributed by atoms with Gasteiger partial charge in [0.2, 0.25) is 11.8 Å². The summed E-state index contributed by atoms with van der Waals surface area (Å²) in [4.78, 5) is 30.6. The number of halogens is 2. The lowest BCUT2D eigenvalue weighted by Crippen LogP contribution is -2.35. The van der Waals surface area contributed by atoms with Crippen LogP contribution in [0.15, 0.2) is 24.5 Å². The molecule has 0 aliphatic carbocycles. The van der Waals surface area contributed by atoms with Crippen LogP contribution in [0.4, 0.5) is 10.3 Å². The van der Waals surface area contributed by atoms with Crippen molar-refractivity contribution in [3.05, 3.63) is 40.9 Å². The van der Waals surface area contributed by atoms with Crippen LogP contribution < -0.4 is 4.90 Å². The minimum Gasteiger partial charge on any atom is -0.373 e. The van der Waals surface area contributed by atoms with E-state index >= 15 is 0 Å². The summed E-state index contributed by atoms with van der Waals surface area (Å²) in [5, 5.41) is 4.52. The lowest BCUT2D eigenvalue weighted by molar-refractivity contribution is -0.124. The van der Waals surface area contributed by atoms with E-state index < -0.39 is 17.7 Å². The van der Waals surface area contributed by atoms with Crippen molar-refractivity contribution in [2.45, 2.75) is 31.6 Å². The number of amides is 2. The van der Waals surface area contributed by atoms with E-state index in [1.165, 1.54) is 23.1 Å². The lowest BCUT2D eigenvalue weighted by Gasteiger charge is -2.14. The number of hydrogen-bond donors (Lipinski definition) is 0. The Balaban J connectivity index is 1.40. The second-order valence-electron chi connectivity index (χ2n) is 6.83. The molecule has 134 valence electrons. The van der Waals surface area contributed by atoms with Gasteiger partial charge in [0, 0.05) is 5.02 Å². The first-order valence-corrected chi connectivity index (χ1v) is 8.77. The molecule has 0 spiro atoms. The number of benzene rings is 1. The minimum atomic E-state index is -0.422. The predicted octanol–water partition coefficient (Wildman–Crippen LogP) is 1.79. The van der Waals surface area contributed by atoms with Crippen molar-refractivity contribution in [2.24, 2.45) is 11.8 Å². The highest BCUT2D eigenvalue weighted by molar-refractivity contribution is 6.31. The molecule has 0 radical (unpaired) electrons. The number of ether oxygens (including phenoxy) is 1. The Kier molecular flexibility index (Phi) is 3.42. The average molecular weight is 377 g/mol. The summed E-state index contributed by atoms with van der Waals surface area (Å²) in [6, 6.07) is 4.09. The molecule has 7 nitrogen and oxygen atoms in total. The molecule has 1 aromatic heterocycles. The number of hydrogen-bond acceptors (Lipinski definition) is 5. The van der Waals surface area contributed by atoms with E-state index in [0.29, 0.717) is 5.56 Å². The molecule has 5 rings (SSSR count). The molecule has 2 amide bonds. The van der Waals surface area contributed by atoms with Crippen molar-refractivity contribution in [1.29, 1.82) is 0 Å². The van der Waals surface area contributed by atoms with Crippen LogP contribution in [0.3, 0.4) is 0 Å². The van der Waals surface area contributed by atoms with E-state index in [9.17, 15) is 14.0 Å². The van der Waals surface area contributed by atoms with E-state index in [2.05, 4.69) is 10.1 Å². The van der Waals surface area contributed by atoms with Crippen molar-refractivity contribution >= 4 is 29.4 Å². The molecule has 1 aromatic carbocycles. The number of carbonyl (C=O) groups is 2. The quantitative estimate of drug-likeness (QED) is 0.763. The molecule has 4 atom stereocenters. The van der Waals surface area contributed by atoms with Gasteiger partial charge < -0.3 is 4.74 Å². The molecule has 2 aromatic rings. The molecule has 3 aliphatic heterocycles. The zero-order valence-electron chi connectivity index (χ0n) is 13.5. The fourth-order valence-electron chi connectivity index (χ4n) is 4.20. The zero-order chi connectivity index (χ0) is 18.0. The molecular formula is C17H14ClFN4O3. The first-order chi connectivity index (χ1) is 12.5. The molecule has 4 heterocycles. The highest BCUT2D eigenvalue weighted by atomic mass is 35.5. The molecule has 3 aliphatic rings. The maximum atomic E-state index is 13.2. The number of imide groups is 1. The highest BCUT2D eigenvalue weighted by Gasteiger charge is 2.63. The summed E-state index contributed by atoms with van der Waals surface area (Å²) < 4.78 is 20.3. The van der Waals surface area contributed by atoms with Crippen LogP contribution in [0.5, 0.6) is 0 Å². The van der Waals surface area contributed by atoms with Crippen LogP contribution in [0, 0.1) is 17.7 Å². The van der Waals surface area contributed by atoms with Crippen molar-refractivity contribution < 1.29 is 18.7 Å². The van der Waals surface area contributed by atoms with Crippen LogP contribution in [-0.2, 0) is 20.9 Å². The van der Waals surface area contributed by atoms with Gasteiger partial charge in [-0.25, -0.2) is 14.0 Å². The van der Waals surface area contributed by atoms with Gasteiger partial charge in [0.1, 0.15) is 12.1 Å². The zero-order valence-corrected chi connectivity index (χ0v) is 14.3. The Morgan fingerprint density at radius 3 is 2.54 bits per heavy atom. The third kappa shape index (κ3) is 2.22. The number of nitrogens with zero attached hydrogens (tertiary/aromatic N) is 4. The predicted molar refractivity (Wildman–Crippen MR) is 87.9 cm³/mol. The largest absolute Gasteiger partial charge is 0.373 e. The summed E-state index contributed by atoms with van der Waals surface area (Å²) in [5.41, 5.74) is 0.659. The topological polar surface area (TPSA) is 77.3 Å². The molecule has 26 heavy (non-hydrogen) atoms. The maximum Gasteiger partial charge on any atom is 0.258 e. The van der Waals surface area contributed by atoms with Gasteiger partial charge in [-0.15, -0.1) is 5.10 Å². The fourth-order valence-corrected chi connectivity index (χ4v) is 4.42. The second-order valence-corrected chi connectivity index (χ2v) is 7.24. The van der Waals surface area contributed by atoms with Crippen LogP contribution in [0.2, 0.25) is 5.02 Å². The van der Waals surface area contributed by atoms with Crippen LogP contribution in [0.1, 0.15) is 18.4 Å². The van der Waals surface area contributed by atoms with Gasteiger partial charge in [0.25, 0.3) is 5.95 Å². The number of aromatic nitrogens is 3. The number of anilines is 1. The maximum absolute atomic E-state index is 13.2. The van der Waals surface area contributed by atoms with Crippen molar-refractivity contribution in [2.75, 3.05) is 4.90 Å². The molecule has 0 saturated carbocycles. The Labute approximate surface area is 152 Å². The molecule has 2 bridgehead atoms. The third-order valence-electron chi connectivity index (χ3n) is 5.36. The van der Waals surface area contributed by atoms with Gasteiger partial charge in [-0.1, -0.05) is 17.7 Å². The Bertz CT molecular complexity index is 904. The molecule has 9 heteroatoms. The lowest BCUT2D eigenvalue weighted by atomic mass is 9.81. The van der Waals surface area contributed by atoms with Crippen LogP contribution >= 0.6 is 11.6 Å². The highest BCUT2D eigenvalue weighted by Crippen LogP contribution is 2.48. The van der Waals surface area contributed by atoms with Crippen molar-refractivity contribution in [3.63, 3.8) is 0 Å². The Morgan fingerprint density at radius 1 is 1.19 bits per heavy atom. The summed E-state index contributed by atoms with van der Waals surface area (Å²) >= 11 is 6.03. The van der Waals surface area contributed by atoms with Gasteiger partial charge >= 0.3 is 0 Å². The van der Waals surface area contributed by atoms with Crippen molar-refractivity contribution in [1.82, 2.24) is 14.8 Å². The Hall–Kier alpha value is -2.32. The standard InChI is InChI=1S/C17H14ClFN4O3/c18-10-5-9(19)2-1-8(10)6-22-7-20-17(21-22)23-15(24)13-11-3-4-12(26-11)14(13)16(23)25/h1-2,5,7,11-14H,3-4,6H2. The number of rotatable bonds is 3. The summed E-state index contributed by atoms with van der Waals surface area (Å²) in [7, 11) is 0. The summed E-state index contributed by atoms with van der Waals surface area (Å²) in [6.07, 6.45) is 2.69. The first-order valence-electron chi connectivity index (χ1n) is 8.39. The van der Waals surface area contributed by atoms with Crippen LogP contribution in [-0.4, -0.2) is 38.8 Å². The van der Waals surface area contributed by atoms with Crippen molar-refractivity contribution in [3.8, 4) is 0 Å². The SMILES string of the molecule is O=C1C2C3CCC(O3)C2C(=O)N1c1ncn(Cc2ccc(F)cc2Cl)n1. The van der Waals surface area contributed by atoms with E-state index in [1.54, 1.807) is 6.07 Å². The van der Waals surface area contributed by atoms with E-state index in [0.717, 1.165) is 17.7 Å². The van der Waals surface area contributed by atoms with Gasteiger partial charge in [0.15, 0.2) is 0 Å². The third-order valence-corrected chi connectivity index (χ3v) is 5.71. The van der Waals surface area contributed by atoms with E-state index in [4.69, 9.17) is 16.3 Å². The first kappa shape index (κ1) is 15.9. The molecule has 3 saturated heterocycles. The summed E-state index contributed by atoms with van der Waals surface area (Å²) in [6.45, 7) is 0.254. The average Bonchev–Trinajstić information content (AvgIpc) is 3.35. The minimum absolute atomic E-state index is 0.0621. The Morgan fingerprint density at radius 2 is 1.88 bits per heavy atom. The second kappa shape index (κ2) is 5.59. The molecule has 0 N–H and O–H groups in total. The molecule has 3 fully saturated rings. The van der Waals surface area contributed by atoms with Crippen LogP contribution in [0.25, 0.3) is 0 Å². The normalized spacial score (nSPS) is 29.7.